The number of hydrogen-bond acceptors (Lipinski definition) is 6. The molecule has 0 radical (unpaired) electrons. The number of unbranched alkanes of at least 4 members (excludes halogenated alkanes) is 34. The van der Waals surface area contributed by atoms with Gasteiger partial charge in [0.1, 0.15) is 13.2 Å². The Morgan fingerprint density at radius 1 is 0.288 bits per heavy atom. The molecule has 0 N–H and O–H groups in total. The highest BCUT2D eigenvalue weighted by Gasteiger charge is 2.19. The van der Waals surface area contributed by atoms with E-state index in [0.717, 1.165) is 96.3 Å². The van der Waals surface area contributed by atoms with Crippen LogP contribution in [-0.4, -0.2) is 37.2 Å². The summed E-state index contributed by atoms with van der Waals surface area (Å²) in [6.45, 7) is 6.46. The van der Waals surface area contributed by atoms with E-state index in [1.165, 1.54) is 180 Å². The van der Waals surface area contributed by atoms with Crippen LogP contribution in [0.4, 0.5) is 0 Å². The zero-order valence-corrected chi connectivity index (χ0v) is 48.4. The topological polar surface area (TPSA) is 78.9 Å². The van der Waals surface area contributed by atoms with E-state index in [9.17, 15) is 14.4 Å². The van der Waals surface area contributed by atoms with E-state index in [1.807, 2.05) is 0 Å². The third kappa shape index (κ3) is 59.6. The van der Waals surface area contributed by atoms with Gasteiger partial charge in [0.25, 0.3) is 0 Å². The van der Waals surface area contributed by atoms with Gasteiger partial charge >= 0.3 is 17.9 Å². The molecule has 0 fully saturated rings. The molecule has 0 rings (SSSR count). The van der Waals surface area contributed by atoms with Crippen LogP contribution in [0.2, 0.25) is 0 Å². The molecular formula is C67H118O6. The first kappa shape index (κ1) is 69.8. The van der Waals surface area contributed by atoms with Crippen molar-refractivity contribution < 1.29 is 28.6 Å². The van der Waals surface area contributed by atoms with Crippen molar-refractivity contribution in [3.63, 3.8) is 0 Å². The molecular weight excluding hydrogens is 901 g/mol. The lowest BCUT2D eigenvalue weighted by Crippen LogP contribution is -2.30. The number of hydrogen-bond donors (Lipinski definition) is 0. The van der Waals surface area contributed by atoms with Crippen LogP contribution in [0.3, 0.4) is 0 Å². The lowest BCUT2D eigenvalue weighted by Gasteiger charge is -2.18. The second-order valence-corrected chi connectivity index (χ2v) is 20.9. The maximum Gasteiger partial charge on any atom is 0.306 e. The molecule has 6 heteroatoms. The van der Waals surface area contributed by atoms with Crippen LogP contribution in [0.25, 0.3) is 0 Å². The Kier molecular flexibility index (Phi) is 58.7. The Morgan fingerprint density at radius 2 is 0.534 bits per heavy atom. The van der Waals surface area contributed by atoms with Gasteiger partial charge in [-0.15, -0.1) is 0 Å². The highest BCUT2D eigenvalue weighted by Crippen LogP contribution is 2.17. The molecule has 0 aromatic rings. The van der Waals surface area contributed by atoms with E-state index in [2.05, 4.69) is 93.7 Å². The first-order chi connectivity index (χ1) is 36.0. The average molecular weight is 1020 g/mol. The molecule has 0 aliphatic heterocycles. The summed E-state index contributed by atoms with van der Waals surface area (Å²) in [6, 6.07) is 0. The third-order valence-corrected chi connectivity index (χ3v) is 13.7. The van der Waals surface area contributed by atoms with E-state index in [1.54, 1.807) is 0 Å². The fourth-order valence-electron chi connectivity index (χ4n) is 9.00. The summed E-state index contributed by atoms with van der Waals surface area (Å²) in [5.41, 5.74) is 0. The number of carbonyl (C=O) groups excluding carboxylic acids is 3. The summed E-state index contributed by atoms with van der Waals surface area (Å²) >= 11 is 0. The summed E-state index contributed by atoms with van der Waals surface area (Å²) in [5.74, 6) is -0.882. The summed E-state index contributed by atoms with van der Waals surface area (Å²) in [7, 11) is 0. The average Bonchev–Trinajstić information content (AvgIpc) is 3.39. The summed E-state index contributed by atoms with van der Waals surface area (Å²) in [6.07, 6.45) is 79.6. The van der Waals surface area contributed by atoms with Gasteiger partial charge in [-0.2, -0.15) is 0 Å². The highest BCUT2D eigenvalue weighted by molar-refractivity contribution is 5.71. The van der Waals surface area contributed by atoms with Crippen molar-refractivity contribution in [1.82, 2.24) is 0 Å². The first-order valence-corrected chi connectivity index (χ1v) is 31.4. The van der Waals surface area contributed by atoms with E-state index in [-0.39, 0.29) is 31.1 Å². The second-order valence-electron chi connectivity index (χ2n) is 20.9. The van der Waals surface area contributed by atoms with Gasteiger partial charge in [-0.3, -0.25) is 14.4 Å². The molecule has 1 unspecified atom stereocenters. The quantitative estimate of drug-likeness (QED) is 0.0261. The lowest BCUT2D eigenvalue weighted by atomic mass is 10.0. The Hall–Kier alpha value is -3.15. The Morgan fingerprint density at radius 3 is 0.836 bits per heavy atom. The minimum Gasteiger partial charge on any atom is -0.462 e. The number of rotatable bonds is 57. The molecule has 0 aromatic carbocycles. The standard InChI is InChI=1S/C67H118O6/c1-4-7-10-13-15-17-19-21-23-25-27-29-31-32-33-34-36-37-39-41-43-45-47-49-51-54-57-60-66(69)72-63-64(62-71-65(68)59-56-53-12-9-6-3)73-67(70)61-58-55-52-50-48-46-44-42-40-38-35-30-28-26-24-22-20-18-16-14-11-8-5-2/h8,11,16,18-19,21-22,24-25,27-28,30,64H,4-7,9-10,12-15,17,20,23,26,29,31-63H2,1-3H3/b11-8-,18-16-,21-19-,24-22-,27-25-,30-28-. The van der Waals surface area contributed by atoms with Crippen LogP contribution in [0.5, 0.6) is 0 Å². The largest absolute Gasteiger partial charge is 0.462 e. The normalized spacial score (nSPS) is 12.5. The maximum absolute atomic E-state index is 12.8. The first-order valence-electron chi connectivity index (χ1n) is 31.4. The molecule has 0 saturated carbocycles. The van der Waals surface area contributed by atoms with Crippen LogP contribution < -0.4 is 0 Å². The van der Waals surface area contributed by atoms with Crippen molar-refractivity contribution in [3.8, 4) is 0 Å². The van der Waals surface area contributed by atoms with Crippen molar-refractivity contribution in [2.24, 2.45) is 0 Å². The molecule has 0 heterocycles. The molecule has 0 saturated heterocycles. The Balaban J connectivity index is 4.03. The number of allylic oxidation sites excluding steroid dienone is 12. The fraction of sp³-hybridized carbons (Fsp3) is 0.776. The minimum atomic E-state index is -0.774. The minimum absolute atomic E-state index is 0.0750. The van der Waals surface area contributed by atoms with Gasteiger partial charge in [0.15, 0.2) is 6.10 Å². The number of carbonyl (C=O) groups is 3. The van der Waals surface area contributed by atoms with Crippen molar-refractivity contribution in [2.75, 3.05) is 13.2 Å². The van der Waals surface area contributed by atoms with Gasteiger partial charge in [0.2, 0.25) is 0 Å². The van der Waals surface area contributed by atoms with Crippen molar-refractivity contribution in [1.29, 1.82) is 0 Å². The van der Waals surface area contributed by atoms with Crippen LogP contribution in [0.1, 0.15) is 316 Å². The molecule has 0 spiro atoms. The van der Waals surface area contributed by atoms with Crippen molar-refractivity contribution in [3.05, 3.63) is 72.9 Å². The molecule has 0 bridgehead atoms. The van der Waals surface area contributed by atoms with Crippen molar-refractivity contribution in [2.45, 2.75) is 322 Å². The van der Waals surface area contributed by atoms with Crippen molar-refractivity contribution >= 4 is 17.9 Å². The smallest absolute Gasteiger partial charge is 0.306 e. The van der Waals surface area contributed by atoms with Gasteiger partial charge in [-0.1, -0.05) is 280 Å². The number of esters is 3. The van der Waals surface area contributed by atoms with E-state index >= 15 is 0 Å². The molecule has 1 atom stereocenters. The van der Waals surface area contributed by atoms with Crippen LogP contribution in [0, 0.1) is 0 Å². The Bertz CT molecular complexity index is 1360. The highest BCUT2D eigenvalue weighted by atomic mass is 16.6. The summed E-state index contributed by atoms with van der Waals surface area (Å²) in [5, 5.41) is 0. The predicted octanol–water partition coefficient (Wildman–Crippen LogP) is 21.3. The predicted molar refractivity (Wildman–Crippen MR) is 316 cm³/mol. The molecule has 0 aliphatic rings. The zero-order valence-electron chi connectivity index (χ0n) is 48.4. The summed E-state index contributed by atoms with van der Waals surface area (Å²) in [4.78, 5) is 37.9. The van der Waals surface area contributed by atoms with Gasteiger partial charge in [0.05, 0.1) is 0 Å². The van der Waals surface area contributed by atoms with Gasteiger partial charge in [0, 0.05) is 19.3 Å². The second kappa shape index (κ2) is 61.4. The molecule has 422 valence electrons. The molecule has 0 aromatic heterocycles. The number of ether oxygens (including phenoxy) is 3. The van der Waals surface area contributed by atoms with Gasteiger partial charge < -0.3 is 14.2 Å². The molecule has 6 nitrogen and oxygen atoms in total. The maximum atomic E-state index is 12.8. The molecule has 73 heavy (non-hydrogen) atoms. The Labute approximate surface area is 453 Å². The van der Waals surface area contributed by atoms with Gasteiger partial charge in [-0.05, 0) is 89.9 Å². The lowest BCUT2D eigenvalue weighted by molar-refractivity contribution is -0.167. The van der Waals surface area contributed by atoms with Crippen LogP contribution in [-0.2, 0) is 28.6 Å². The molecule has 0 amide bonds. The zero-order chi connectivity index (χ0) is 52.9. The third-order valence-electron chi connectivity index (χ3n) is 13.7. The SMILES string of the molecule is CC/C=C\C/C=C\C/C=C\C/C=C\CCCCCCCCCCCCC(=O)OC(COC(=O)CCCCCCC)COC(=O)CCCCCCCCCCCCCCCCC/C=C\C/C=C\CCCCCCC. The van der Waals surface area contributed by atoms with Crippen LogP contribution >= 0.6 is 0 Å². The summed E-state index contributed by atoms with van der Waals surface area (Å²) < 4.78 is 16.8. The van der Waals surface area contributed by atoms with E-state index in [0.29, 0.717) is 19.3 Å². The monoisotopic (exact) mass is 1020 g/mol. The van der Waals surface area contributed by atoms with Crippen LogP contribution in [0.15, 0.2) is 72.9 Å². The van der Waals surface area contributed by atoms with E-state index < -0.39 is 6.10 Å². The molecule has 0 aliphatic carbocycles. The van der Waals surface area contributed by atoms with E-state index in [4.69, 9.17) is 14.2 Å². The fourth-order valence-corrected chi connectivity index (χ4v) is 9.00. The van der Waals surface area contributed by atoms with Gasteiger partial charge in [-0.25, -0.2) is 0 Å².